The molecule has 0 spiro atoms. The Morgan fingerprint density at radius 2 is 2.18 bits per heavy atom. The van der Waals surface area contributed by atoms with Crippen LogP contribution in [-0.2, 0) is 0 Å². The molecule has 2 rings (SSSR count). The Kier molecular flexibility index (Phi) is 4.60. The van der Waals surface area contributed by atoms with Crippen molar-refractivity contribution in [3.8, 4) is 0 Å². The minimum absolute atomic E-state index is 0.0428. The van der Waals surface area contributed by atoms with Crippen molar-refractivity contribution >= 4 is 29.1 Å². The van der Waals surface area contributed by atoms with Crippen LogP contribution in [0.1, 0.15) is 24.9 Å². The van der Waals surface area contributed by atoms with Crippen LogP contribution in [0, 0.1) is 0 Å². The van der Waals surface area contributed by atoms with Gasteiger partial charge in [0, 0.05) is 24.9 Å². The smallest absolute Gasteiger partial charge is 0.0642 e. The van der Waals surface area contributed by atoms with Crippen LogP contribution < -0.4 is 10.6 Å². The number of hydrogen-bond acceptors (Lipinski definition) is 3. The minimum Gasteiger partial charge on any atom is -0.369 e. The maximum absolute atomic E-state index is 6.36. The highest BCUT2D eigenvalue weighted by Gasteiger charge is 2.13. The highest BCUT2D eigenvalue weighted by atomic mass is 35.5. The molecule has 0 aliphatic carbocycles. The lowest BCUT2D eigenvalue weighted by Gasteiger charge is -2.24. The Bertz CT molecular complexity index is 374. The van der Waals surface area contributed by atoms with Gasteiger partial charge in [-0.05, 0) is 36.8 Å². The summed E-state index contributed by atoms with van der Waals surface area (Å²) < 4.78 is 0. The number of hydrogen-bond donors (Lipinski definition) is 1. The molecule has 0 unspecified atom stereocenters. The van der Waals surface area contributed by atoms with E-state index < -0.39 is 0 Å². The summed E-state index contributed by atoms with van der Waals surface area (Å²) in [5.74, 6) is 2.44. The number of thioether (sulfide) groups is 1. The van der Waals surface area contributed by atoms with E-state index in [0.717, 1.165) is 29.4 Å². The molecule has 94 valence electrons. The van der Waals surface area contributed by atoms with E-state index in [9.17, 15) is 0 Å². The van der Waals surface area contributed by atoms with Gasteiger partial charge in [-0.1, -0.05) is 17.7 Å². The molecule has 2 nitrogen and oxygen atoms in total. The summed E-state index contributed by atoms with van der Waals surface area (Å²) in [7, 11) is 0. The van der Waals surface area contributed by atoms with Gasteiger partial charge in [-0.15, -0.1) is 0 Å². The van der Waals surface area contributed by atoms with E-state index in [1.807, 2.05) is 24.8 Å². The van der Waals surface area contributed by atoms with Crippen molar-refractivity contribution < 1.29 is 0 Å². The van der Waals surface area contributed by atoms with Gasteiger partial charge in [-0.25, -0.2) is 0 Å². The molecule has 0 radical (unpaired) electrons. The number of rotatable bonds is 2. The van der Waals surface area contributed by atoms with Gasteiger partial charge in [-0.2, -0.15) is 11.8 Å². The van der Waals surface area contributed by atoms with Crippen LogP contribution >= 0.6 is 23.4 Å². The van der Waals surface area contributed by atoms with Crippen molar-refractivity contribution in [3.63, 3.8) is 0 Å². The van der Waals surface area contributed by atoms with Gasteiger partial charge >= 0.3 is 0 Å². The first-order valence-corrected chi connectivity index (χ1v) is 7.59. The predicted octanol–water partition coefficient (Wildman–Crippen LogP) is 3.30. The lowest BCUT2D eigenvalue weighted by molar-refractivity contribution is 0.805. The zero-order chi connectivity index (χ0) is 12.3. The third-order valence-corrected chi connectivity index (χ3v) is 4.41. The summed E-state index contributed by atoms with van der Waals surface area (Å²) >= 11 is 8.38. The number of anilines is 1. The summed E-state index contributed by atoms with van der Waals surface area (Å²) in [6.07, 6.45) is 1.23. The molecule has 0 bridgehead atoms. The lowest BCUT2D eigenvalue weighted by atomic mass is 10.1. The van der Waals surface area contributed by atoms with Crippen molar-refractivity contribution in [2.45, 2.75) is 19.4 Å². The van der Waals surface area contributed by atoms with Gasteiger partial charge in [0.2, 0.25) is 0 Å². The summed E-state index contributed by atoms with van der Waals surface area (Å²) in [5.41, 5.74) is 8.11. The Morgan fingerprint density at radius 3 is 2.88 bits per heavy atom. The van der Waals surface area contributed by atoms with Crippen LogP contribution in [0.4, 0.5) is 5.69 Å². The third-order valence-electron chi connectivity index (χ3n) is 3.06. The minimum atomic E-state index is 0.0428. The molecular formula is C13H19ClN2S. The predicted molar refractivity (Wildman–Crippen MR) is 78.2 cm³/mol. The zero-order valence-electron chi connectivity index (χ0n) is 10.2. The molecule has 0 saturated carbocycles. The first kappa shape index (κ1) is 13.1. The molecule has 1 aliphatic rings. The second-order valence-electron chi connectivity index (χ2n) is 4.45. The largest absolute Gasteiger partial charge is 0.369 e. The van der Waals surface area contributed by atoms with E-state index in [2.05, 4.69) is 17.0 Å². The van der Waals surface area contributed by atoms with E-state index in [-0.39, 0.29) is 6.04 Å². The van der Waals surface area contributed by atoms with E-state index in [1.165, 1.54) is 17.9 Å². The molecule has 1 heterocycles. The molecule has 1 atom stereocenters. The van der Waals surface area contributed by atoms with Crippen molar-refractivity contribution in [1.29, 1.82) is 0 Å². The average molecular weight is 271 g/mol. The highest BCUT2D eigenvalue weighted by molar-refractivity contribution is 7.99. The van der Waals surface area contributed by atoms with Gasteiger partial charge in [0.05, 0.1) is 10.7 Å². The van der Waals surface area contributed by atoms with Crippen LogP contribution in [0.5, 0.6) is 0 Å². The van der Waals surface area contributed by atoms with Crippen LogP contribution in [0.25, 0.3) is 0 Å². The normalized spacial score (nSPS) is 18.9. The van der Waals surface area contributed by atoms with Gasteiger partial charge in [0.15, 0.2) is 0 Å². The Morgan fingerprint density at radius 1 is 1.35 bits per heavy atom. The lowest BCUT2D eigenvalue weighted by Crippen LogP contribution is -2.25. The Hall–Kier alpha value is -0.380. The average Bonchev–Trinajstić information content (AvgIpc) is 2.57. The van der Waals surface area contributed by atoms with Gasteiger partial charge in [0.1, 0.15) is 0 Å². The summed E-state index contributed by atoms with van der Waals surface area (Å²) in [4.78, 5) is 2.38. The molecular weight excluding hydrogens is 252 g/mol. The Balaban J connectivity index is 2.19. The molecule has 2 N–H and O–H groups in total. The van der Waals surface area contributed by atoms with E-state index in [4.69, 9.17) is 17.3 Å². The molecule has 17 heavy (non-hydrogen) atoms. The number of benzene rings is 1. The van der Waals surface area contributed by atoms with Crippen molar-refractivity contribution in [1.82, 2.24) is 0 Å². The second-order valence-corrected chi connectivity index (χ2v) is 6.08. The fraction of sp³-hybridized carbons (Fsp3) is 0.538. The van der Waals surface area contributed by atoms with Crippen LogP contribution in [0.2, 0.25) is 5.02 Å². The second kappa shape index (κ2) is 5.98. The standard InChI is InChI=1S/C13H19ClN2S/c1-10(15)11-3-4-13(12(14)9-11)16-5-2-7-17-8-6-16/h3-4,9-10H,2,5-8,15H2,1H3/t10-/m1/s1. The maximum Gasteiger partial charge on any atom is 0.0642 e. The van der Waals surface area contributed by atoms with Crippen molar-refractivity contribution in [2.24, 2.45) is 5.73 Å². The highest BCUT2D eigenvalue weighted by Crippen LogP contribution is 2.29. The zero-order valence-corrected chi connectivity index (χ0v) is 11.7. The quantitative estimate of drug-likeness (QED) is 0.894. The number of nitrogens with zero attached hydrogens (tertiary/aromatic N) is 1. The molecule has 1 aliphatic heterocycles. The fourth-order valence-electron chi connectivity index (χ4n) is 2.05. The van der Waals surface area contributed by atoms with E-state index >= 15 is 0 Å². The molecule has 1 fully saturated rings. The molecule has 1 aromatic rings. The fourth-order valence-corrected chi connectivity index (χ4v) is 3.25. The number of nitrogens with two attached hydrogens (primary N) is 1. The maximum atomic E-state index is 6.36. The Labute approximate surface area is 113 Å². The monoisotopic (exact) mass is 270 g/mol. The molecule has 1 saturated heterocycles. The molecule has 0 aromatic heterocycles. The summed E-state index contributed by atoms with van der Waals surface area (Å²) in [6, 6.07) is 6.24. The topological polar surface area (TPSA) is 29.3 Å². The SMILES string of the molecule is C[C@@H](N)c1ccc(N2CCCSCC2)c(Cl)c1. The van der Waals surface area contributed by atoms with Crippen LogP contribution in [0.15, 0.2) is 18.2 Å². The molecule has 1 aromatic carbocycles. The van der Waals surface area contributed by atoms with Crippen molar-refractivity contribution in [2.75, 3.05) is 29.5 Å². The van der Waals surface area contributed by atoms with Crippen LogP contribution in [0.3, 0.4) is 0 Å². The summed E-state index contributed by atoms with van der Waals surface area (Å²) in [5, 5.41) is 0.826. The first-order chi connectivity index (χ1) is 8.18. The first-order valence-electron chi connectivity index (χ1n) is 6.06. The van der Waals surface area contributed by atoms with Crippen molar-refractivity contribution in [3.05, 3.63) is 28.8 Å². The van der Waals surface area contributed by atoms with Gasteiger partial charge in [0.25, 0.3) is 0 Å². The summed E-state index contributed by atoms with van der Waals surface area (Å²) in [6.45, 7) is 4.17. The molecule has 0 amide bonds. The van der Waals surface area contributed by atoms with Gasteiger partial charge in [-0.3, -0.25) is 0 Å². The van der Waals surface area contributed by atoms with Crippen LogP contribution in [-0.4, -0.2) is 24.6 Å². The molecule has 4 heteroatoms. The van der Waals surface area contributed by atoms with E-state index in [0.29, 0.717) is 0 Å². The van der Waals surface area contributed by atoms with E-state index in [1.54, 1.807) is 0 Å². The third kappa shape index (κ3) is 3.30. The number of halogens is 1. The van der Waals surface area contributed by atoms with Gasteiger partial charge < -0.3 is 10.6 Å².